The second-order valence-corrected chi connectivity index (χ2v) is 5.84. The fourth-order valence-electron chi connectivity index (χ4n) is 3.00. The molecule has 0 saturated carbocycles. The van der Waals surface area contributed by atoms with Crippen molar-refractivity contribution < 1.29 is 19.5 Å². The molecule has 1 aliphatic rings. The number of carboxylic acid groups (broad SMARTS) is 1. The first-order valence-electron chi connectivity index (χ1n) is 7.96. The molecule has 0 aliphatic carbocycles. The van der Waals surface area contributed by atoms with Crippen LogP contribution in [0, 0.1) is 0 Å². The largest absolute Gasteiger partial charge is 0.481 e. The summed E-state index contributed by atoms with van der Waals surface area (Å²) in [7, 11) is 0. The van der Waals surface area contributed by atoms with Crippen LogP contribution in [0.15, 0.2) is 61.2 Å². The molecule has 0 fully saturated rings. The zero-order valence-corrected chi connectivity index (χ0v) is 13.5. The summed E-state index contributed by atoms with van der Waals surface area (Å²) in [6, 6.07) is 13.2. The van der Waals surface area contributed by atoms with Gasteiger partial charge < -0.3 is 5.11 Å². The van der Waals surface area contributed by atoms with Crippen molar-refractivity contribution >= 4 is 23.5 Å². The van der Waals surface area contributed by atoms with Gasteiger partial charge in [-0.15, -0.1) is 6.58 Å². The Hall–Kier alpha value is -3.21. The average molecular weight is 335 g/mol. The number of hydrogen-bond acceptors (Lipinski definition) is 3. The van der Waals surface area contributed by atoms with Gasteiger partial charge in [0, 0.05) is 0 Å². The molecule has 5 nitrogen and oxygen atoms in total. The topological polar surface area (TPSA) is 74.7 Å². The highest BCUT2D eigenvalue weighted by Gasteiger charge is 2.36. The van der Waals surface area contributed by atoms with Crippen LogP contribution in [-0.2, 0) is 4.79 Å². The van der Waals surface area contributed by atoms with Gasteiger partial charge >= 0.3 is 5.97 Å². The van der Waals surface area contributed by atoms with Gasteiger partial charge in [-0.1, -0.05) is 30.3 Å². The number of benzene rings is 2. The molecule has 25 heavy (non-hydrogen) atoms. The lowest BCUT2D eigenvalue weighted by molar-refractivity contribution is -0.138. The summed E-state index contributed by atoms with van der Waals surface area (Å²) < 4.78 is 0. The van der Waals surface area contributed by atoms with Gasteiger partial charge in [0.2, 0.25) is 0 Å². The number of carbonyl (C=O) groups is 3. The number of rotatable bonds is 6. The predicted molar refractivity (Wildman–Crippen MR) is 93.8 cm³/mol. The van der Waals surface area contributed by atoms with Gasteiger partial charge in [0.1, 0.15) is 0 Å². The zero-order valence-electron chi connectivity index (χ0n) is 13.5. The average Bonchev–Trinajstić information content (AvgIpc) is 2.87. The van der Waals surface area contributed by atoms with Crippen LogP contribution in [0.4, 0.5) is 5.69 Å². The number of nitrogens with zero attached hydrogens (tertiary/aromatic N) is 1. The Balaban J connectivity index is 1.88. The molecule has 0 bridgehead atoms. The van der Waals surface area contributed by atoms with E-state index in [0.29, 0.717) is 35.2 Å². The summed E-state index contributed by atoms with van der Waals surface area (Å²) in [6.07, 6.45) is 2.73. The molecule has 1 N–H and O–H groups in total. The molecular weight excluding hydrogens is 318 g/mol. The molecule has 1 unspecified atom stereocenters. The van der Waals surface area contributed by atoms with Crippen molar-refractivity contribution in [3.63, 3.8) is 0 Å². The van der Waals surface area contributed by atoms with Crippen molar-refractivity contribution in [3.8, 4) is 0 Å². The smallest absolute Gasteiger partial charge is 0.310 e. The van der Waals surface area contributed by atoms with Crippen LogP contribution in [0.3, 0.4) is 0 Å². The summed E-state index contributed by atoms with van der Waals surface area (Å²) in [6.45, 7) is 3.61. The number of carbonyl (C=O) groups excluding carboxylic acids is 2. The minimum Gasteiger partial charge on any atom is -0.481 e. The van der Waals surface area contributed by atoms with E-state index in [4.69, 9.17) is 0 Å². The maximum absolute atomic E-state index is 12.5. The Morgan fingerprint density at radius 2 is 1.60 bits per heavy atom. The number of imide groups is 1. The quantitative estimate of drug-likeness (QED) is 0.646. The van der Waals surface area contributed by atoms with Crippen LogP contribution in [0.25, 0.3) is 0 Å². The summed E-state index contributed by atoms with van der Waals surface area (Å²) in [5.41, 5.74) is 1.83. The second kappa shape index (κ2) is 6.73. The molecule has 2 aromatic carbocycles. The van der Waals surface area contributed by atoms with Gasteiger partial charge in [0.05, 0.1) is 22.7 Å². The highest BCUT2D eigenvalue weighted by atomic mass is 16.4. The third kappa shape index (κ3) is 2.96. The Morgan fingerprint density at radius 1 is 1.04 bits per heavy atom. The number of hydrogen-bond donors (Lipinski definition) is 1. The van der Waals surface area contributed by atoms with Gasteiger partial charge in [0.25, 0.3) is 11.8 Å². The molecule has 0 spiro atoms. The Labute approximate surface area is 145 Å². The SMILES string of the molecule is C=CCCC(C(=O)O)c1ccc(N2C(=O)c3ccccc3C2=O)cc1. The van der Waals surface area contributed by atoms with Gasteiger partial charge in [0.15, 0.2) is 0 Å². The fraction of sp³-hybridized carbons (Fsp3) is 0.150. The number of amides is 2. The molecule has 0 radical (unpaired) electrons. The highest BCUT2D eigenvalue weighted by molar-refractivity contribution is 6.34. The standard InChI is InChI=1S/C20H17NO4/c1-2-3-6-15(20(24)25)13-9-11-14(12-10-13)21-18(22)16-7-4-5-8-17(16)19(21)23/h2,4-5,7-12,15H,1,3,6H2,(H,24,25). The molecule has 3 rings (SSSR count). The van der Waals surface area contributed by atoms with E-state index in [1.165, 1.54) is 0 Å². The third-order valence-corrected chi connectivity index (χ3v) is 4.31. The minimum atomic E-state index is -0.907. The van der Waals surface area contributed by atoms with Crippen LogP contribution >= 0.6 is 0 Å². The van der Waals surface area contributed by atoms with Gasteiger partial charge in [-0.05, 0) is 42.7 Å². The summed E-state index contributed by atoms with van der Waals surface area (Å²) in [5.74, 6) is -2.28. The molecule has 126 valence electrons. The van der Waals surface area contributed by atoms with Crippen molar-refractivity contribution in [2.24, 2.45) is 0 Å². The zero-order chi connectivity index (χ0) is 18.0. The predicted octanol–water partition coefficient (Wildman–Crippen LogP) is 3.62. The molecule has 1 atom stereocenters. The van der Waals surface area contributed by atoms with Crippen molar-refractivity contribution in [3.05, 3.63) is 77.9 Å². The lowest BCUT2D eigenvalue weighted by Gasteiger charge is -2.16. The monoisotopic (exact) mass is 335 g/mol. The first-order chi connectivity index (χ1) is 12.0. The van der Waals surface area contributed by atoms with E-state index in [1.54, 1.807) is 54.6 Å². The van der Waals surface area contributed by atoms with Crippen LogP contribution in [0.5, 0.6) is 0 Å². The summed E-state index contributed by atoms with van der Waals surface area (Å²) >= 11 is 0. The fourth-order valence-corrected chi connectivity index (χ4v) is 3.00. The number of allylic oxidation sites excluding steroid dienone is 1. The number of anilines is 1. The van der Waals surface area contributed by atoms with Crippen molar-refractivity contribution in [1.29, 1.82) is 0 Å². The van der Waals surface area contributed by atoms with Crippen molar-refractivity contribution in [1.82, 2.24) is 0 Å². The lowest BCUT2D eigenvalue weighted by atomic mass is 9.94. The Kier molecular flexibility index (Phi) is 4.48. The minimum absolute atomic E-state index is 0.366. The van der Waals surface area contributed by atoms with E-state index in [2.05, 4.69) is 6.58 Å². The van der Waals surface area contributed by atoms with Crippen LogP contribution < -0.4 is 4.90 Å². The van der Waals surface area contributed by atoms with Crippen LogP contribution in [0.2, 0.25) is 0 Å². The van der Waals surface area contributed by atoms with E-state index in [0.717, 1.165) is 4.90 Å². The number of carboxylic acids is 1. The molecule has 2 amide bonds. The van der Waals surface area contributed by atoms with Crippen LogP contribution in [0.1, 0.15) is 45.0 Å². The van der Waals surface area contributed by atoms with Gasteiger partial charge in [-0.25, -0.2) is 4.90 Å². The molecular formula is C20H17NO4. The van der Waals surface area contributed by atoms with Gasteiger partial charge in [-0.2, -0.15) is 0 Å². The third-order valence-electron chi connectivity index (χ3n) is 4.31. The summed E-state index contributed by atoms with van der Waals surface area (Å²) in [4.78, 5) is 37.5. The molecule has 5 heteroatoms. The van der Waals surface area contributed by atoms with Crippen molar-refractivity contribution in [2.75, 3.05) is 4.90 Å². The van der Waals surface area contributed by atoms with E-state index < -0.39 is 11.9 Å². The molecule has 1 heterocycles. The number of fused-ring (bicyclic) bond motifs is 1. The summed E-state index contributed by atoms with van der Waals surface area (Å²) in [5, 5.41) is 9.38. The highest BCUT2D eigenvalue weighted by Crippen LogP contribution is 2.30. The number of aliphatic carboxylic acids is 1. The van der Waals surface area contributed by atoms with E-state index in [9.17, 15) is 19.5 Å². The Morgan fingerprint density at radius 3 is 2.08 bits per heavy atom. The first kappa shape index (κ1) is 16.6. The molecule has 0 saturated heterocycles. The van der Waals surface area contributed by atoms with E-state index in [-0.39, 0.29) is 11.8 Å². The molecule has 2 aromatic rings. The maximum atomic E-state index is 12.5. The molecule has 1 aliphatic heterocycles. The van der Waals surface area contributed by atoms with E-state index >= 15 is 0 Å². The molecule has 0 aromatic heterocycles. The van der Waals surface area contributed by atoms with Gasteiger partial charge in [-0.3, -0.25) is 14.4 Å². The van der Waals surface area contributed by atoms with E-state index in [1.807, 2.05) is 0 Å². The lowest BCUT2D eigenvalue weighted by Crippen LogP contribution is -2.29. The first-order valence-corrected chi connectivity index (χ1v) is 7.96. The van der Waals surface area contributed by atoms with Crippen LogP contribution in [-0.4, -0.2) is 22.9 Å². The maximum Gasteiger partial charge on any atom is 0.310 e. The Bertz CT molecular complexity index is 819. The normalized spacial score (nSPS) is 14.3. The van der Waals surface area contributed by atoms with Crippen molar-refractivity contribution in [2.45, 2.75) is 18.8 Å². The second-order valence-electron chi connectivity index (χ2n) is 5.84.